The molecule has 1 atom stereocenters. The Labute approximate surface area is 347 Å². The van der Waals surface area contributed by atoms with Gasteiger partial charge in [-0.15, -0.1) is 0 Å². The number of urea groups is 1. The number of fused-ring (bicyclic) bond motifs is 1. The zero-order valence-corrected chi connectivity index (χ0v) is 35.3. The van der Waals surface area contributed by atoms with E-state index in [1.54, 1.807) is 48.7 Å². The molecule has 0 bridgehead atoms. The third kappa shape index (κ3) is 10.8. The highest BCUT2D eigenvalue weighted by molar-refractivity contribution is 7.85. The Morgan fingerprint density at radius 3 is 2.29 bits per heavy atom. The van der Waals surface area contributed by atoms with Crippen molar-refractivity contribution < 1.29 is 33.1 Å². The maximum atomic E-state index is 13.5. The molecule has 312 valence electrons. The van der Waals surface area contributed by atoms with Crippen LogP contribution in [0.5, 0.6) is 23.0 Å². The summed E-state index contributed by atoms with van der Waals surface area (Å²) in [6.45, 7) is 8.17. The Bertz CT molecular complexity index is 2340. The molecule has 1 saturated heterocycles. The van der Waals surface area contributed by atoms with Crippen molar-refractivity contribution in [3.05, 3.63) is 96.2 Å². The van der Waals surface area contributed by atoms with Crippen molar-refractivity contribution in [2.45, 2.75) is 51.0 Å². The largest absolute Gasteiger partial charge is 0.496 e. The molecule has 1 aliphatic rings. The molecular formula is C44H53N7O7S. The first kappa shape index (κ1) is 42.7. The Balaban J connectivity index is 1.13. The van der Waals surface area contributed by atoms with Gasteiger partial charge in [0.05, 0.1) is 42.4 Å². The van der Waals surface area contributed by atoms with Crippen LogP contribution in [0.1, 0.15) is 56.0 Å². The van der Waals surface area contributed by atoms with Crippen molar-refractivity contribution in [2.75, 3.05) is 67.8 Å². The molecule has 14 nitrogen and oxygen atoms in total. The van der Waals surface area contributed by atoms with Crippen LogP contribution in [-0.4, -0.2) is 83.9 Å². The van der Waals surface area contributed by atoms with Crippen molar-refractivity contribution in [3.63, 3.8) is 0 Å². The van der Waals surface area contributed by atoms with Crippen LogP contribution in [0.2, 0.25) is 0 Å². The standard InChI is InChI=1S/C44H53N7O7S/c1-43(2,3)28-24-35(40(57-6)36(25-28)50-59(7)55)49-42(53)48-34-14-15-37(32-11-9-8-10-31(32)34)58-30-16-20-45-39(27-30)47-29-12-13-33(38(26-29)56-5)41(52)46-21-17-44(54)18-22-51(4)23-19-44/h8-16,20,24-27,50,54H,17-19,21-23H2,1-7H3,(H,45,47)(H,46,52)(H2,48,49,53). The van der Waals surface area contributed by atoms with Gasteiger partial charge in [-0.2, -0.15) is 0 Å². The van der Waals surface area contributed by atoms with Gasteiger partial charge in [0.15, 0.2) is 5.75 Å². The Morgan fingerprint density at radius 2 is 1.59 bits per heavy atom. The second kappa shape index (κ2) is 18.4. The van der Waals surface area contributed by atoms with Gasteiger partial charge in [-0.25, -0.2) is 14.0 Å². The van der Waals surface area contributed by atoms with Crippen LogP contribution in [0, 0.1) is 0 Å². The maximum absolute atomic E-state index is 13.5. The molecule has 1 fully saturated rings. The van der Waals surface area contributed by atoms with Crippen LogP contribution >= 0.6 is 0 Å². The Kier molecular flexibility index (Phi) is 13.3. The summed E-state index contributed by atoms with van der Waals surface area (Å²) in [5.74, 6) is 2.05. The number of ether oxygens (including phenoxy) is 3. The smallest absolute Gasteiger partial charge is 0.323 e. The number of benzene rings is 4. The fourth-order valence-corrected chi connectivity index (χ4v) is 7.38. The number of anilines is 5. The number of likely N-dealkylation sites (tertiary alicyclic amines) is 1. The molecule has 1 aliphatic heterocycles. The number of hydrogen-bond donors (Lipinski definition) is 6. The highest BCUT2D eigenvalue weighted by atomic mass is 32.2. The van der Waals surface area contributed by atoms with E-state index in [2.05, 4.69) is 56.6 Å². The van der Waals surface area contributed by atoms with Crippen LogP contribution in [0.3, 0.4) is 0 Å². The van der Waals surface area contributed by atoms with Gasteiger partial charge in [0.1, 0.15) is 34.1 Å². The molecule has 0 spiro atoms. The van der Waals surface area contributed by atoms with E-state index in [9.17, 15) is 18.9 Å². The molecule has 1 aromatic heterocycles. The Hall–Kier alpha value is -5.90. The molecule has 15 heteroatoms. The van der Waals surface area contributed by atoms with Crippen molar-refractivity contribution in [1.29, 1.82) is 0 Å². The van der Waals surface area contributed by atoms with E-state index >= 15 is 0 Å². The second-order valence-corrected chi connectivity index (χ2v) is 16.8. The molecule has 6 N–H and O–H groups in total. The minimum absolute atomic E-state index is 0.264. The SMILES string of the molecule is COc1cc(Nc2cc(Oc3ccc(NC(=O)Nc4cc(C(C)(C)C)cc(NS(C)=O)c4OC)c4ccccc34)ccn2)ccc1C(=O)NCCC1(O)CCN(C)CC1. The quantitative estimate of drug-likeness (QED) is 0.0644. The summed E-state index contributed by atoms with van der Waals surface area (Å²) in [6, 6.07) is 23.1. The van der Waals surface area contributed by atoms with Gasteiger partial charge >= 0.3 is 6.03 Å². The van der Waals surface area contributed by atoms with Gasteiger partial charge in [0.2, 0.25) is 0 Å². The zero-order valence-electron chi connectivity index (χ0n) is 34.5. The molecule has 0 radical (unpaired) electrons. The molecule has 2 heterocycles. The number of hydrogen-bond acceptors (Lipinski definition) is 10. The summed E-state index contributed by atoms with van der Waals surface area (Å²) in [6.07, 6.45) is 5.00. The van der Waals surface area contributed by atoms with Crippen molar-refractivity contribution in [3.8, 4) is 23.0 Å². The molecule has 59 heavy (non-hydrogen) atoms. The van der Waals surface area contributed by atoms with Gasteiger partial charge in [-0.1, -0.05) is 45.0 Å². The highest BCUT2D eigenvalue weighted by Gasteiger charge is 2.31. The minimum atomic E-state index is -1.37. The van der Waals surface area contributed by atoms with E-state index in [0.29, 0.717) is 82.9 Å². The average molecular weight is 824 g/mol. The predicted octanol–water partition coefficient (Wildman–Crippen LogP) is 8.01. The topological polar surface area (TPSA) is 175 Å². The van der Waals surface area contributed by atoms with Gasteiger partial charge in [0.25, 0.3) is 5.91 Å². The first-order valence-corrected chi connectivity index (χ1v) is 20.9. The predicted molar refractivity (Wildman–Crippen MR) is 235 cm³/mol. The average Bonchev–Trinajstić information content (AvgIpc) is 3.19. The van der Waals surface area contributed by atoms with Crippen molar-refractivity contribution in [1.82, 2.24) is 15.2 Å². The van der Waals surface area contributed by atoms with Crippen LogP contribution in [0.25, 0.3) is 10.8 Å². The molecule has 0 aliphatic carbocycles. The molecule has 5 aromatic rings. The number of amides is 3. The maximum Gasteiger partial charge on any atom is 0.323 e. The lowest BCUT2D eigenvalue weighted by molar-refractivity contribution is -0.0214. The van der Waals surface area contributed by atoms with E-state index in [-0.39, 0.29) is 11.3 Å². The fourth-order valence-electron chi connectivity index (χ4n) is 6.91. The molecule has 0 saturated carbocycles. The number of aliphatic hydroxyl groups is 1. The van der Waals surface area contributed by atoms with Gasteiger partial charge in [0, 0.05) is 60.7 Å². The number of aromatic nitrogens is 1. The zero-order chi connectivity index (χ0) is 42.3. The number of methoxy groups -OCH3 is 2. The molecular weight excluding hydrogens is 771 g/mol. The summed E-state index contributed by atoms with van der Waals surface area (Å²) in [5, 5.41) is 24.5. The number of rotatable bonds is 14. The van der Waals surface area contributed by atoms with Crippen LogP contribution in [0.4, 0.5) is 33.4 Å². The minimum Gasteiger partial charge on any atom is -0.496 e. The monoisotopic (exact) mass is 823 g/mol. The molecule has 1 unspecified atom stereocenters. The Morgan fingerprint density at radius 1 is 0.881 bits per heavy atom. The molecule has 4 aromatic carbocycles. The van der Waals surface area contributed by atoms with Gasteiger partial charge in [-0.05, 0) is 79.8 Å². The van der Waals surface area contributed by atoms with E-state index in [1.165, 1.54) is 20.5 Å². The van der Waals surface area contributed by atoms with E-state index in [0.717, 1.165) is 29.4 Å². The lowest BCUT2D eigenvalue weighted by atomic mass is 9.86. The fraction of sp³-hybridized carbons (Fsp3) is 0.341. The first-order chi connectivity index (χ1) is 28.1. The lowest BCUT2D eigenvalue weighted by Crippen LogP contribution is -2.44. The highest BCUT2D eigenvalue weighted by Crippen LogP contribution is 2.40. The summed E-state index contributed by atoms with van der Waals surface area (Å²) < 4.78 is 32.6. The van der Waals surface area contributed by atoms with E-state index in [4.69, 9.17) is 14.2 Å². The summed E-state index contributed by atoms with van der Waals surface area (Å²) in [5.41, 5.74) is 2.40. The van der Waals surface area contributed by atoms with Crippen LogP contribution in [-0.2, 0) is 16.4 Å². The van der Waals surface area contributed by atoms with Gasteiger partial charge < -0.3 is 50.2 Å². The van der Waals surface area contributed by atoms with Crippen molar-refractivity contribution in [2.24, 2.45) is 0 Å². The third-order valence-corrected chi connectivity index (χ3v) is 10.8. The number of carbonyl (C=O) groups excluding carboxylic acids is 2. The molecule has 3 amide bonds. The second-order valence-electron chi connectivity index (χ2n) is 15.7. The number of nitrogens with one attached hydrogen (secondary N) is 5. The van der Waals surface area contributed by atoms with E-state index in [1.807, 2.05) is 43.4 Å². The summed E-state index contributed by atoms with van der Waals surface area (Å²) in [7, 11) is 3.68. The lowest BCUT2D eigenvalue weighted by Gasteiger charge is -2.36. The normalized spacial score (nSPS) is 14.5. The third-order valence-electron chi connectivity index (χ3n) is 10.3. The number of carbonyl (C=O) groups is 2. The van der Waals surface area contributed by atoms with Crippen LogP contribution < -0.4 is 40.2 Å². The molecule has 6 rings (SSSR count). The van der Waals surface area contributed by atoms with Gasteiger partial charge in [-0.3, -0.25) is 4.79 Å². The van der Waals surface area contributed by atoms with E-state index < -0.39 is 22.6 Å². The van der Waals surface area contributed by atoms with Crippen molar-refractivity contribution >= 4 is 62.3 Å². The number of pyridine rings is 1. The number of nitrogens with zero attached hydrogens (tertiary/aromatic N) is 2. The number of piperidine rings is 1. The summed E-state index contributed by atoms with van der Waals surface area (Å²) >= 11 is 0. The summed E-state index contributed by atoms with van der Waals surface area (Å²) in [4.78, 5) is 33.3. The first-order valence-electron chi connectivity index (χ1n) is 19.3. The van der Waals surface area contributed by atoms with Crippen LogP contribution in [0.15, 0.2) is 85.1 Å².